The van der Waals surface area contributed by atoms with Gasteiger partial charge in [-0.2, -0.15) is 0 Å². The summed E-state index contributed by atoms with van der Waals surface area (Å²) in [4.78, 5) is 17.3. The highest BCUT2D eigenvalue weighted by Crippen LogP contribution is 2.28. The van der Waals surface area contributed by atoms with Crippen molar-refractivity contribution in [2.24, 2.45) is 0 Å². The highest BCUT2D eigenvalue weighted by atomic mass is 79.9. The summed E-state index contributed by atoms with van der Waals surface area (Å²) >= 11 is 0. The van der Waals surface area contributed by atoms with Gasteiger partial charge < -0.3 is 24.5 Å². The van der Waals surface area contributed by atoms with Crippen LogP contribution in [0.5, 0.6) is 11.5 Å². The van der Waals surface area contributed by atoms with Gasteiger partial charge >= 0.3 is 0 Å². The van der Waals surface area contributed by atoms with Crippen molar-refractivity contribution < 1.29 is 19.4 Å². The number of Topliss-reactive ketones (excluding diaryl/α,β-unsaturated/α-hetero) is 1. The second kappa shape index (κ2) is 9.38. The number of nitrogens with zero attached hydrogens (tertiary/aromatic N) is 2. The fraction of sp³-hybridized carbons (Fsp3) is 0.263. The van der Waals surface area contributed by atoms with Gasteiger partial charge in [0.15, 0.2) is 17.3 Å². The number of para-hydroxylation sites is 2. The molecular formula is C19H22BrN3O4. The first kappa shape index (κ1) is 20.7. The number of aliphatic hydroxyl groups excluding tert-OH is 1. The zero-order chi connectivity index (χ0) is 18.5. The lowest BCUT2D eigenvalue weighted by Gasteiger charge is -2.11. The lowest BCUT2D eigenvalue weighted by Crippen LogP contribution is -2.16. The Morgan fingerprint density at radius 1 is 1.15 bits per heavy atom. The molecular weight excluding hydrogens is 414 g/mol. The Balaban J connectivity index is 0.00000261. The monoisotopic (exact) mass is 435 g/mol. The average Bonchev–Trinajstić information content (AvgIpc) is 3.03. The molecule has 1 aromatic heterocycles. The third kappa shape index (κ3) is 4.40. The van der Waals surface area contributed by atoms with Gasteiger partial charge in [0.2, 0.25) is 5.95 Å². The maximum absolute atomic E-state index is 12.8. The predicted molar refractivity (Wildman–Crippen MR) is 110 cm³/mol. The Labute approximate surface area is 167 Å². The van der Waals surface area contributed by atoms with Crippen LogP contribution in [0.2, 0.25) is 0 Å². The van der Waals surface area contributed by atoms with E-state index in [1.807, 2.05) is 28.8 Å². The van der Waals surface area contributed by atoms with E-state index in [0.29, 0.717) is 29.6 Å². The first-order valence-corrected chi connectivity index (χ1v) is 8.23. The summed E-state index contributed by atoms with van der Waals surface area (Å²) in [5.41, 5.74) is 2.16. The van der Waals surface area contributed by atoms with Crippen LogP contribution in [0.4, 0.5) is 5.95 Å². The molecule has 0 fully saturated rings. The molecule has 2 N–H and O–H groups in total. The van der Waals surface area contributed by atoms with E-state index in [-0.39, 0.29) is 35.9 Å². The van der Waals surface area contributed by atoms with Crippen LogP contribution < -0.4 is 14.8 Å². The zero-order valence-electron chi connectivity index (χ0n) is 15.1. The lowest BCUT2D eigenvalue weighted by molar-refractivity contribution is 0.0973. The number of benzene rings is 2. The van der Waals surface area contributed by atoms with Crippen molar-refractivity contribution in [2.75, 3.05) is 32.7 Å². The number of rotatable bonds is 8. The highest BCUT2D eigenvalue weighted by Gasteiger charge is 2.16. The van der Waals surface area contributed by atoms with E-state index in [0.717, 1.165) is 11.0 Å². The number of fused-ring (bicyclic) bond motifs is 1. The number of halogens is 1. The molecule has 0 aliphatic rings. The zero-order valence-corrected chi connectivity index (χ0v) is 16.9. The molecule has 0 atom stereocenters. The van der Waals surface area contributed by atoms with Gasteiger partial charge in [-0.25, -0.2) is 4.98 Å². The average molecular weight is 436 g/mol. The fourth-order valence-corrected chi connectivity index (χ4v) is 2.78. The minimum Gasteiger partial charge on any atom is -0.493 e. The van der Waals surface area contributed by atoms with Crippen molar-refractivity contribution in [3.8, 4) is 11.5 Å². The Bertz CT molecular complexity index is 926. The molecule has 144 valence electrons. The molecule has 0 bridgehead atoms. The molecule has 0 aliphatic carbocycles. The number of carbonyl (C=O) groups excluding carboxylic acids is 1. The van der Waals surface area contributed by atoms with Crippen LogP contribution in [0, 0.1) is 0 Å². The number of hydrogen-bond donors (Lipinski definition) is 2. The molecule has 2 aromatic carbocycles. The van der Waals surface area contributed by atoms with Gasteiger partial charge in [-0.05, 0) is 30.3 Å². The fourth-order valence-electron chi connectivity index (χ4n) is 2.78. The first-order valence-electron chi connectivity index (χ1n) is 8.23. The van der Waals surface area contributed by atoms with Gasteiger partial charge in [0.05, 0.1) is 38.4 Å². The molecule has 0 aliphatic heterocycles. The number of aromatic nitrogens is 2. The lowest BCUT2D eigenvalue weighted by atomic mass is 10.1. The molecule has 3 rings (SSSR count). The number of anilines is 1. The van der Waals surface area contributed by atoms with Crippen molar-refractivity contribution in [3.05, 3.63) is 48.0 Å². The second-order valence-corrected chi connectivity index (χ2v) is 5.65. The Morgan fingerprint density at radius 3 is 2.59 bits per heavy atom. The van der Waals surface area contributed by atoms with E-state index in [1.54, 1.807) is 25.3 Å². The van der Waals surface area contributed by atoms with Gasteiger partial charge in [0.25, 0.3) is 0 Å². The number of carbonyl (C=O) groups is 1. The van der Waals surface area contributed by atoms with Crippen molar-refractivity contribution in [1.82, 2.24) is 9.55 Å². The SMILES string of the molecule is Br.COc1ccc(C(=O)Cn2c(NCCO)nc3ccccc32)cc1OC. The molecule has 8 heteroatoms. The molecule has 3 aromatic rings. The normalized spacial score (nSPS) is 10.3. The maximum atomic E-state index is 12.8. The number of nitrogens with one attached hydrogen (secondary N) is 1. The number of ketones is 1. The number of methoxy groups -OCH3 is 2. The summed E-state index contributed by atoms with van der Waals surface area (Å²) in [5, 5.41) is 12.1. The smallest absolute Gasteiger partial charge is 0.204 e. The van der Waals surface area contributed by atoms with E-state index in [9.17, 15) is 4.79 Å². The quantitative estimate of drug-likeness (QED) is 0.529. The standard InChI is InChI=1S/C19H21N3O4.BrH/c1-25-17-8-7-13(11-18(17)26-2)16(24)12-22-15-6-4-3-5-14(15)21-19(22)20-9-10-23;/h3-8,11,23H,9-10,12H2,1-2H3,(H,20,21);1H. The summed E-state index contributed by atoms with van der Waals surface area (Å²) < 4.78 is 12.3. The predicted octanol–water partition coefficient (Wildman–Crippen LogP) is 2.92. The van der Waals surface area contributed by atoms with Gasteiger partial charge in [0, 0.05) is 12.1 Å². The molecule has 0 unspecified atom stereocenters. The molecule has 0 spiro atoms. The van der Waals surface area contributed by atoms with Crippen molar-refractivity contribution in [3.63, 3.8) is 0 Å². The van der Waals surface area contributed by atoms with Crippen molar-refractivity contribution in [2.45, 2.75) is 6.54 Å². The summed E-state index contributed by atoms with van der Waals surface area (Å²) in [7, 11) is 3.09. The summed E-state index contributed by atoms with van der Waals surface area (Å²) in [6.45, 7) is 0.449. The number of aliphatic hydroxyl groups is 1. The number of hydrogen-bond acceptors (Lipinski definition) is 6. The van der Waals surface area contributed by atoms with Crippen LogP contribution in [0.25, 0.3) is 11.0 Å². The molecule has 1 heterocycles. The molecule has 27 heavy (non-hydrogen) atoms. The third-order valence-electron chi connectivity index (χ3n) is 4.06. The van der Waals surface area contributed by atoms with E-state index in [1.165, 1.54) is 7.11 Å². The molecule has 0 saturated heterocycles. The minimum atomic E-state index is -0.0823. The summed E-state index contributed by atoms with van der Waals surface area (Å²) in [6, 6.07) is 12.7. The second-order valence-electron chi connectivity index (χ2n) is 5.65. The van der Waals surface area contributed by atoms with Crippen molar-refractivity contribution in [1.29, 1.82) is 0 Å². The largest absolute Gasteiger partial charge is 0.493 e. The van der Waals surface area contributed by atoms with Gasteiger partial charge in [-0.1, -0.05) is 12.1 Å². The van der Waals surface area contributed by atoms with Crippen LogP contribution in [0.15, 0.2) is 42.5 Å². The van der Waals surface area contributed by atoms with Crippen LogP contribution in [-0.2, 0) is 6.54 Å². The van der Waals surface area contributed by atoms with E-state index in [2.05, 4.69) is 10.3 Å². The molecule has 0 radical (unpaired) electrons. The third-order valence-corrected chi connectivity index (χ3v) is 4.06. The van der Waals surface area contributed by atoms with Gasteiger partial charge in [-0.15, -0.1) is 17.0 Å². The number of ether oxygens (including phenoxy) is 2. The van der Waals surface area contributed by atoms with Crippen molar-refractivity contribution >= 4 is 39.7 Å². The minimum absolute atomic E-state index is 0. The van der Waals surface area contributed by atoms with Crippen LogP contribution in [0.3, 0.4) is 0 Å². The Kier molecular flexibility index (Phi) is 7.20. The Morgan fingerprint density at radius 2 is 1.89 bits per heavy atom. The topological polar surface area (TPSA) is 85.6 Å². The van der Waals surface area contributed by atoms with E-state index < -0.39 is 0 Å². The van der Waals surface area contributed by atoms with Crippen LogP contribution >= 0.6 is 17.0 Å². The highest BCUT2D eigenvalue weighted by molar-refractivity contribution is 8.93. The molecule has 0 saturated carbocycles. The number of imidazole rings is 1. The Hall–Kier alpha value is -2.58. The molecule has 7 nitrogen and oxygen atoms in total. The van der Waals surface area contributed by atoms with E-state index in [4.69, 9.17) is 14.6 Å². The van der Waals surface area contributed by atoms with Gasteiger partial charge in [-0.3, -0.25) is 4.79 Å². The van der Waals surface area contributed by atoms with E-state index >= 15 is 0 Å². The first-order chi connectivity index (χ1) is 12.7. The van der Waals surface area contributed by atoms with Gasteiger partial charge in [0.1, 0.15) is 0 Å². The molecule has 0 amide bonds. The van der Waals surface area contributed by atoms with Crippen LogP contribution in [-0.4, -0.2) is 47.8 Å². The maximum Gasteiger partial charge on any atom is 0.204 e. The van der Waals surface area contributed by atoms with Crippen LogP contribution in [0.1, 0.15) is 10.4 Å². The summed E-state index contributed by atoms with van der Waals surface area (Å²) in [6.07, 6.45) is 0. The summed E-state index contributed by atoms with van der Waals surface area (Å²) in [5.74, 6) is 1.55.